The summed E-state index contributed by atoms with van der Waals surface area (Å²) in [7, 11) is 0. The highest BCUT2D eigenvalue weighted by Gasteiger charge is 2.22. The summed E-state index contributed by atoms with van der Waals surface area (Å²) >= 11 is 5.74. The van der Waals surface area contributed by atoms with E-state index in [2.05, 4.69) is 33.9 Å². The Morgan fingerprint density at radius 1 is 1.32 bits per heavy atom. The number of nitrogens with zero attached hydrogens (tertiary/aromatic N) is 2. The first-order valence-corrected chi connectivity index (χ1v) is 11.9. The number of aryl methyl sites for hydroxylation is 1. The smallest absolute Gasteiger partial charge is 0.253 e. The molecule has 2 N–H and O–H groups in total. The quantitative estimate of drug-likeness (QED) is 0.433. The Balaban J connectivity index is 1.70. The van der Waals surface area contributed by atoms with Gasteiger partial charge in [-0.2, -0.15) is 0 Å². The zero-order valence-electron chi connectivity index (χ0n) is 19.1. The number of hydrogen-bond donors (Lipinski definition) is 2. The predicted molar refractivity (Wildman–Crippen MR) is 132 cm³/mol. The van der Waals surface area contributed by atoms with E-state index < -0.39 is 0 Å². The molecule has 2 heterocycles. The van der Waals surface area contributed by atoms with Crippen LogP contribution < -0.4 is 10.9 Å². The summed E-state index contributed by atoms with van der Waals surface area (Å²) in [5, 5.41) is 5.15. The second-order valence-electron chi connectivity index (χ2n) is 8.29. The molecule has 1 aromatic heterocycles. The first-order chi connectivity index (χ1) is 15.0. The highest BCUT2D eigenvalue weighted by Crippen LogP contribution is 2.18. The minimum atomic E-state index is -0.0523. The molecule has 1 saturated heterocycles. The second kappa shape index (κ2) is 11.6. The van der Waals surface area contributed by atoms with Crippen LogP contribution in [0.1, 0.15) is 44.2 Å². The van der Waals surface area contributed by atoms with Gasteiger partial charge >= 0.3 is 0 Å². The van der Waals surface area contributed by atoms with E-state index in [-0.39, 0.29) is 11.7 Å². The number of benzene rings is 1. The van der Waals surface area contributed by atoms with Gasteiger partial charge in [-0.15, -0.1) is 0 Å². The molecule has 1 unspecified atom stereocenters. The lowest BCUT2D eigenvalue weighted by Gasteiger charge is -2.28. The first-order valence-electron chi connectivity index (χ1n) is 11.5. The standard InChI is InChI=1S/C24H36N4O2S/c1-4-27(5-2)13-8-12-25-24(31)28(17-21-11-7-14-30-21)16-20-15-19-10-6-9-18(3)22(19)26-23(20)29/h6,9-10,15,21H,4-5,7-8,11-14,16-17H2,1-3H3,(H,25,31)(H,26,29). The number of thiocarbonyl (C=S) groups is 1. The van der Waals surface area contributed by atoms with Gasteiger partial charge < -0.3 is 24.8 Å². The molecule has 6 nitrogen and oxygen atoms in total. The van der Waals surface area contributed by atoms with Gasteiger partial charge in [-0.1, -0.05) is 32.0 Å². The Morgan fingerprint density at radius 3 is 2.84 bits per heavy atom. The number of rotatable bonds is 10. The molecular weight excluding hydrogens is 408 g/mol. The summed E-state index contributed by atoms with van der Waals surface area (Å²) < 4.78 is 5.85. The number of pyridine rings is 1. The third-order valence-corrected chi connectivity index (χ3v) is 6.49. The number of ether oxygens (including phenoxy) is 1. The van der Waals surface area contributed by atoms with Crippen molar-refractivity contribution in [1.82, 2.24) is 20.1 Å². The third-order valence-electron chi connectivity index (χ3n) is 6.08. The fraction of sp³-hybridized carbons (Fsp3) is 0.583. The van der Waals surface area contributed by atoms with E-state index in [1.165, 1.54) is 0 Å². The van der Waals surface area contributed by atoms with Gasteiger partial charge in [-0.3, -0.25) is 4.79 Å². The van der Waals surface area contributed by atoms with Crippen molar-refractivity contribution in [1.29, 1.82) is 0 Å². The lowest BCUT2D eigenvalue weighted by molar-refractivity contribution is 0.0896. The average molecular weight is 445 g/mol. The van der Waals surface area contributed by atoms with Crippen LogP contribution in [-0.2, 0) is 11.3 Å². The Labute approximate surface area is 191 Å². The number of hydrogen-bond acceptors (Lipinski definition) is 4. The van der Waals surface area contributed by atoms with Gasteiger partial charge in [0.1, 0.15) is 0 Å². The van der Waals surface area contributed by atoms with E-state index in [1.54, 1.807) is 0 Å². The molecule has 1 aromatic carbocycles. The van der Waals surface area contributed by atoms with Crippen LogP contribution in [-0.4, -0.2) is 65.3 Å². The molecular formula is C24H36N4O2S. The van der Waals surface area contributed by atoms with E-state index >= 15 is 0 Å². The molecule has 3 rings (SSSR count). The maximum absolute atomic E-state index is 12.8. The first kappa shape index (κ1) is 23.7. The summed E-state index contributed by atoms with van der Waals surface area (Å²) in [6.07, 6.45) is 3.32. The van der Waals surface area contributed by atoms with Crippen molar-refractivity contribution < 1.29 is 4.74 Å². The summed E-state index contributed by atoms with van der Waals surface area (Å²) in [5.41, 5.74) is 2.65. The lowest BCUT2D eigenvalue weighted by Crippen LogP contribution is -2.44. The zero-order chi connectivity index (χ0) is 22.2. The van der Waals surface area contributed by atoms with Gasteiger partial charge in [0.05, 0.1) is 18.2 Å². The Hall–Kier alpha value is -1.96. The molecule has 2 aromatic rings. The largest absolute Gasteiger partial charge is 0.376 e. The maximum Gasteiger partial charge on any atom is 0.253 e. The van der Waals surface area contributed by atoms with Crippen molar-refractivity contribution in [3.05, 3.63) is 45.7 Å². The van der Waals surface area contributed by atoms with Crippen LogP contribution in [0, 0.1) is 6.92 Å². The number of aromatic nitrogens is 1. The lowest BCUT2D eigenvalue weighted by atomic mass is 10.1. The normalized spacial score (nSPS) is 16.2. The number of para-hydroxylation sites is 1. The summed E-state index contributed by atoms with van der Waals surface area (Å²) in [5.74, 6) is 0. The SMILES string of the molecule is CCN(CC)CCCNC(=S)N(Cc1cc2cccc(C)c2[nH]c1=O)CC1CCCO1. The molecule has 0 bridgehead atoms. The molecule has 1 fully saturated rings. The van der Waals surface area contributed by atoms with Crippen molar-refractivity contribution in [3.63, 3.8) is 0 Å². The molecule has 31 heavy (non-hydrogen) atoms. The van der Waals surface area contributed by atoms with Crippen LogP contribution in [0.25, 0.3) is 10.9 Å². The van der Waals surface area contributed by atoms with Gasteiger partial charge in [0.15, 0.2) is 5.11 Å². The van der Waals surface area contributed by atoms with Crippen LogP contribution in [0.2, 0.25) is 0 Å². The summed E-state index contributed by atoms with van der Waals surface area (Å²) in [6.45, 7) is 12.4. The molecule has 1 aliphatic heterocycles. The van der Waals surface area contributed by atoms with Crippen molar-refractivity contribution >= 4 is 28.2 Å². The fourth-order valence-electron chi connectivity index (χ4n) is 4.15. The van der Waals surface area contributed by atoms with E-state index in [0.717, 1.165) is 74.1 Å². The van der Waals surface area contributed by atoms with Crippen molar-refractivity contribution in [3.8, 4) is 0 Å². The van der Waals surface area contributed by atoms with E-state index in [4.69, 9.17) is 17.0 Å². The fourth-order valence-corrected chi connectivity index (χ4v) is 4.40. The number of nitrogens with one attached hydrogen (secondary N) is 2. The average Bonchev–Trinajstić information content (AvgIpc) is 3.27. The monoisotopic (exact) mass is 444 g/mol. The Kier molecular flexibility index (Phi) is 8.87. The number of aromatic amines is 1. The zero-order valence-corrected chi connectivity index (χ0v) is 19.9. The molecule has 1 aliphatic rings. The molecule has 0 amide bonds. The summed E-state index contributed by atoms with van der Waals surface area (Å²) in [4.78, 5) is 20.4. The highest BCUT2D eigenvalue weighted by atomic mass is 32.1. The van der Waals surface area contributed by atoms with Gasteiger partial charge in [0.25, 0.3) is 5.56 Å². The molecule has 0 aliphatic carbocycles. The molecule has 170 valence electrons. The third kappa shape index (κ3) is 6.51. The molecule has 7 heteroatoms. The minimum absolute atomic E-state index is 0.0523. The Morgan fingerprint density at radius 2 is 2.13 bits per heavy atom. The summed E-state index contributed by atoms with van der Waals surface area (Å²) in [6, 6.07) is 8.06. The van der Waals surface area contributed by atoms with Gasteiger partial charge in [-0.05, 0) is 75.1 Å². The minimum Gasteiger partial charge on any atom is -0.376 e. The predicted octanol–water partition coefficient (Wildman–Crippen LogP) is 3.42. The highest BCUT2D eigenvalue weighted by molar-refractivity contribution is 7.80. The van der Waals surface area contributed by atoms with Crippen LogP contribution >= 0.6 is 12.2 Å². The molecule has 0 spiro atoms. The maximum atomic E-state index is 12.8. The van der Waals surface area contributed by atoms with Gasteiger partial charge in [-0.25, -0.2) is 0 Å². The van der Waals surface area contributed by atoms with Crippen molar-refractivity contribution in [2.24, 2.45) is 0 Å². The second-order valence-corrected chi connectivity index (χ2v) is 8.68. The van der Waals surface area contributed by atoms with Gasteiger partial charge in [0.2, 0.25) is 0 Å². The van der Waals surface area contributed by atoms with Crippen LogP contribution in [0.15, 0.2) is 29.1 Å². The van der Waals surface area contributed by atoms with Crippen molar-refractivity contribution in [2.75, 3.05) is 39.3 Å². The van der Waals surface area contributed by atoms with Crippen LogP contribution in [0.3, 0.4) is 0 Å². The van der Waals surface area contributed by atoms with Gasteiger partial charge in [0, 0.05) is 25.3 Å². The van der Waals surface area contributed by atoms with E-state index in [1.807, 2.05) is 31.2 Å². The van der Waals surface area contributed by atoms with Crippen LogP contribution in [0.5, 0.6) is 0 Å². The Bertz CT molecular complexity index is 919. The van der Waals surface area contributed by atoms with E-state index in [0.29, 0.717) is 18.2 Å². The topological polar surface area (TPSA) is 60.6 Å². The molecule has 1 atom stereocenters. The number of H-pyrrole nitrogens is 1. The number of fused-ring (bicyclic) bond motifs is 1. The van der Waals surface area contributed by atoms with E-state index in [9.17, 15) is 4.79 Å². The molecule has 0 saturated carbocycles. The van der Waals surface area contributed by atoms with Crippen LogP contribution in [0.4, 0.5) is 0 Å². The molecule has 0 radical (unpaired) electrons. The van der Waals surface area contributed by atoms with Crippen molar-refractivity contribution in [2.45, 2.75) is 52.7 Å².